The van der Waals surface area contributed by atoms with Crippen LogP contribution < -0.4 is 10.0 Å². The van der Waals surface area contributed by atoms with E-state index in [1.165, 1.54) is 0 Å². The SMILES string of the molecule is CN1C[C@H](NS(=O)(=O)c2cc(Br)ccc2Br)C[C@@H]1CNC(=O)C1(C(=O)OC(C)(C)C)CCCCC1. The maximum atomic E-state index is 13.3. The Morgan fingerprint density at radius 2 is 1.83 bits per heavy atom. The van der Waals surface area contributed by atoms with Crippen LogP contribution in [0.25, 0.3) is 0 Å². The Labute approximate surface area is 225 Å². The van der Waals surface area contributed by atoms with Gasteiger partial charge in [-0.25, -0.2) is 13.1 Å². The second-order valence-corrected chi connectivity index (χ2v) is 14.0. The van der Waals surface area contributed by atoms with Crippen LogP contribution in [0.1, 0.15) is 59.3 Å². The van der Waals surface area contributed by atoms with Crippen molar-refractivity contribution in [2.75, 3.05) is 20.1 Å². The van der Waals surface area contributed by atoms with Gasteiger partial charge in [-0.3, -0.25) is 9.59 Å². The molecule has 1 aliphatic carbocycles. The molecule has 0 spiro atoms. The Balaban J connectivity index is 1.64. The predicted molar refractivity (Wildman–Crippen MR) is 141 cm³/mol. The Morgan fingerprint density at radius 3 is 2.46 bits per heavy atom. The van der Waals surface area contributed by atoms with Crippen molar-refractivity contribution in [3.63, 3.8) is 0 Å². The normalized spacial score (nSPS) is 23.1. The fourth-order valence-corrected chi connectivity index (χ4v) is 7.55. The van der Waals surface area contributed by atoms with Gasteiger partial charge in [-0.1, -0.05) is 35.2 Å². The molecule has 0 unspecified atom stereocenters. The minimum absolute atomic E-state index is 0.0584. The lowest BCUT2D eigenvalue weighted by Crippen LogP contribution is -2.52. The summed E-state index contributed by atoms with van der Waals surface area (Å²) in [5.74, 6) is -0.742. The summed E-state index contributed by atoms with van der Waals surface area (Å²) in [6.07, 6.45) is 4.13. The quantitative estimate of drug-likeness (QED) is 0.347. The van der Waals surface area contributed by atoms with E-state index < -0.39 is 27.0 Å². The molecule has 1 aliphatic heterocycles. The summed E-state index contributed by atoms with van der Waals surface area (Å²) in [6.45, 7) is 6.27. The fourth-order valence-electron chi connectivity index (χ4n) is 4.80. The van der Waals surface area contributed by atoms with E-state index in [4.69, 9.17) is 4.74 Å². The number of nitrogens with zero attached hydrogens (tertiary/aromatic N) is 1. The summed E-state index contributed by atoms with van der Waals surface area (Å²) < 4.78 is 35.5. The summed E-state index contributed by atoms with van der Waals surface area (Å²) in [5, 5.41) is 2.99. The number of sulfonamides is 1. The van der Waals surface area contributed by atoms with Gasteiger partial charge in [0.05, 0.1) is 4.90 Å². The molecule has 35 heavy (non-hydrogen) atoms. The van der Waals surface area contributed by atoms with Crippen molar-refractivity contribution < 1.29 is 22.7 Å². The molecule has 8 nitrogen and oxygen atoms in total. The summed E-state index contributed by atoms with van der Waals surface area (Å²) in [5.41, 5.74) is -1.82. The number of halogens is 2. The second-order valence-electron chi connectivity index (χ2n) is 10.6. The maximum Gasteiger partial charge on any atom is 0.322 e. The fraction of sp³-hybridized carbons (Fsp3) is 0.667. The number of nitrogens with one attached hydrogen (secondary N) is 2. The number of likely N-dealkylation sites (tertiary alicyclic amines) is 1. The molecule has 2 N–H and O–H groups in total. The maximum absolute atomic E-state index is 13.3. The number of benzene rings is 1. The zero-order valence-electron chi connectivity index (χ0n) is 20.7. The molecule has 1 aromatic carbocycles. The van der Waals surface area contributed by atoms with E-state index in [1.54, 1.807) is 39.0 Å². The average molecular weight is 637 g/mol. The van der Waals surface area contributed by atoms with Gasteiger partial charge in [-0.2, -0.15) is 0 Å². The number of esters is 1. The molecule has 11 heteroatoms. The molecule has 1 saturated heterocycles. The monoisotopic (exact) mass is 635 g/mol. The van der Waals surface area contributed by atoms with Gasteiger partial charge in [0, 0.05) is 34.1 Å². The van der Waals surface area contributed by atoms with Crippen molar-refractivity contribution in [1.82, 2.24) is 14.9 Å². The lowest BCUT2D eigenvalue weighted by Gasteiger charge is -2.36. The molecule has 1 aromatic rings. The van der Waals surface area contributed by atoms with Gasteiger partial charge in [0.2, 0.25) is 15.9 Å². The van der Waals surface area contributed by atoms with E-state index in [0.29, 0.717) is 41.3 Å². The Hall–Kier alpha value is -1.01. The highest BCUT2D eigenvalue weighted by Crippen LogP contribution is 2.39. The minimum atomic E-state index is -3.73. The standard InChI is InChI=1S/C24H35Br2N3O5S/c1-23(2,3)34-22(31)24(10-6-5-7-11-24)21(30)27-14-18-13-17(15-29(18)4)28-35(32,33)20-12-16(25)8-9-19(20)26/h8-9,12,17-18,28H,5-7,10-11,13-15H2,1-4H3,(H,27,30)/t17-,18-/m1/s1. The number of hydrogen-bond acceptors (Lipinski definition) is 6. The average Bonchev–Trinajstić information content (AvgIpc) is 3.10. The van der Waals surface area contributed by atoms with Crippen molar-refractivity contribution >= 4 is 53.8 Å². The van der Waals surface area contributed by atoms with Crippen LogP contribution in [-0.2, 0) is 24.3 Å². The van der Waals surface area contributed by atoms with Crippen molar-refractivity contribution in [3.05, 3.63) is 27.1 Å². The first-order valence-electron chi connectivity index (χ1n) is 11.9. The van der Waals surface area contributed by atoms with Crippen LogP contribution in [0.4, 0.5) is 0 Å². The van der Waals surface area contributed by atoms with E-state index >= 15 is 0 Å². The largest absolute Gasteiger partial charge is 0.459 e. The third-order valence-electron chi connectivity index (χ3n) is 6.62. The molecular weight excluding hydrogens is 602 g/mol. The summed E-state index contributed by atoms with van der Waals surface area (Å²) in [6, 6.07) is 4.65. The highest BCUT2D eigenvalue weighted by molar-refractivity contribution is 9.11. The number of carbonyl (C=O) groups is 2. The Bertz CT molecular complexity index is 1050. The molecular formula is C24H35Br2N3O5S. The third kappa shape index (κ3) is 7.06. The molecule has 2 aliphatic rings. The van der Waals surface area contributed by atoms with E-state index in [1.807, 2.05) is 11.9 Å². The summed E-state index contributed by atoms with van der Waals surface area (Å²) in [7, 11) is -1.83. The molecule has 196 valence electrons. The van der Waals surface area contributed by atoms with Gasteiger partial charge in [-0.05, 0) is 81.2 Å². The number of amides is 1. The van der Waals surface area contributed by atoms with Crippen LogP contribution >= 0.6 is 31.9 Å². The molecule has 2 fully saturated rings. The molecule has 0 bridgehead atoms. The number of hydrogen-bond donors (Lipinski definition) is 2. The van der Waals surface area contributed by atoms with E-state index in [-0.39, 0.29) is 22.9 Å². The lowest BCUT2D eigenvalue weighted by molar-refractivity contribution is -0.173. The summed E-state index contributed by atoms with van der Waals surface area (Å²) in [4.78, 5) is 28.6. The van der Waals surface area contributed by atoms with Gasteiger partial charge in [0.25, 0.3) is 0 Å². The molecule has 3 rings (SSSR count). The van der Waals surface area contributed by atoms with E-state index in [9.17, 15) is 18.0 Å². The van der Waals surface area contributed by atoms with Crippen molar-refractivity contribution in [1.29, 1.82) is 0 Å². The smallest absolute Gasteiger partial charge is 0.322 e. The second kappa shape index (κ2) is 11.2. The molecule has 0 radical (unpaired) electrons. The topological polar surface area (TPSA) is 105 Å². The molecule has 1 saturated carbocycles. The first kappa shape index (κ1) is 28.6. The Morgan fingerprint density at radius 1 is 1.17 bits per heavy atom. The molecule has 1 amide bonds. The van der Waals surface area contributed by atoms with E-state index in [0.717, 1.165) is 19.3 Å². The van der Waals surface area contributed by atoms with Crippen molar-refractivity contribution in [2.45, 2.75) is 81.9 Å². The van der Waals surface area contributed by atoms with Gasteiger partial charge < -0.3 is 15.0 Å². The van der Waals surface area contributed by atoms with Gasteiger partial charge >= 0.3 is 5.97 Å². The van der Waals surface area contributed by atoms with Crippen LogP contribution in [-0.4, -0.2) is 63.0 Å². The highest BCUT2D eigenvalue weighted by Gasteiger charge is 2.49. The number of rotatable bonds is 7. The first-order valence-corrected chi connectivity index (χ1v) is 15.0. The number of carbonyl (C=O) groups excluding carboxylic acids is 2. The molecule has 2 atom stereocenters. The highest BCUT2D eigenvalue weighted by atomic mass is 79.9. The van der Waals surface area contributed by atoms with Crippen LogP contribution in [0.3, 0.4) is 0 Å². The van der Waals surface area contributed by atoms with Crippen LogP contribution in [0.15, 0.2) is 32.0 Å². The van der Waals surface area contributed by atoms with E-state index in [2.05, 4.69) is 41.9 Å². The van der Waals surface area contributed by atoms with Crippen LogP contribution in [0, 0.1) is 5.41 Å². The van der Waals surface area contributed by atoms with Crippen molar-refractivity contribution in [3.8, 4) is 0 Å². The third-order valence-corrected chi connectivity index (χ3v) is 9.63. The molecule has 1 heterocycles. The van der Waals surface area contributed by atoms with Gasteiger partial charge in [-0.15, -0.1) is 0 Å². The minimum Gasteiger partial charge on any atom is -0.459 e. The first-order chi connectivity index (χ1) is 16.2. The number of likely N-dealkylation sites (N-methyl/N-ethyl adjacent to an activating group) is 1. The molecule has 0 aromatic heterocycles. The lowest BCUT2D eigenvalue weighted by atomic mass is 9.73. The zero-order valence-corrected chi connectivity index (χ0v) is 24.7. The predicted octanol–water partition coefficient (Wildman–Crippen LogP) is 3.97. The summed E-state index contributed by atoms with van der Waals surface area (Å²) >= 11 is 6.64. The van der Waals surface area contributed by atoms with Crippen LogP contribution in [0.2, 0.25) is 0 Å². The van der Waals surface area contributed by atoms with Gasteiger partial charge in [0.15, 0.2) is 0 Å². The van der Waals surface area contributed by atoms with Crippen LogP contribution in [0.5, 0.6) is 0 Å². The zero-order chi connectivity index (χ0) is 26.0. The number of ether oxygens (including phenoxy) is 1. The van der Waals surface area contributed by atoms with Crippen molar-refractivity contribution in [2.24, 2.45) is 5.41 Å². The van der Waals surface area contributed by atoms with Gasteiger partial charge in [0.1, 0.15) is 11.0 Å². The Kier molecular flexibility index (Phi) is 9.11.